The number of rotatable bonds is 3. The molecule has 0 saturated carbocycles. The first-order valence-corrected chi connectivity index (χ1v) is 11.1. The van der Waals surface area contributed by atoms with E-state index < -0.39 is 42.5 Å². The Morgan fingerprint density at radius 1 is 1.33 bits per heavy atom. The van der Waals surface area contributed by atoms with E-state index in [2.05, 4.69) is 10.4 Å². The van der Waals surface area contributed by atoms with Crippen LogP contribution in [-0.4, -0.2) is 82.0 Å². The van der Waals surface area contributed by atoms with Crippen LogP contribution >= 0.6 is 11.6 Å². The standard InChI is InChI=1S/C21H21ClF4N6O4/c1-29(10-21(24,25)26)18(33)16-9-32-17(19(34)30(2)36-16)12-8-31(6-5-15(12)28-32)20(35)27-11-3-4-14(23)13(22)7-11/h3-4,7,16H,5-6,8-10H2,1-2H3,(H,27,35). The number of amides is 4. The Balaban J connectivity index is 1.54. The zero-order valence-electron chi connectivity index (χ0n) is 19.1. The van der Waals surface area contributed by atoms with Gasteiger partial charge in [0.15, 0.2) is 6.10 Å². The first-order valence-electron chi connectivity index (χ1n) is 10.7. The number of nitrogens with zero attached hydrogens (tertiary/aromatic N) is 5. The van der Waals surface area contributed by atoms with Gasteiger partial charge in [-0.25, -0.2) is 14.2 Å². The lowest BCUT2D eigenvalue weighted by molar-refractivity contribution is -0.186. The number of hydrogen-bond acceptors (Lipinski definition) is 5. The number of likely N-dealkylation sites (N-methyl/N-ethyl adjacent to an activating group) is 1. The Labute approximate surface area is 207 Å². The van der Waals surface area contributed by atoms with E-state index in [1.54, 1.807) is 0 Å². The number of halogens is 5. The average Bonchev–Trinajstić information content (AvgIpc) is 3.09. The Morgan fingerprint density at radius 2 is 2.06 bits per heavy atom. The predicted octanol–water partition coefficient (Wildman–Crippen LogP) is 2.67. The molecule has 4 amide bonds. The van der Waals surface area contributed by atoms with Crippen molar-refractivity contribution in [3.8, 4) is 0 Å². The highest BCUT2D eigenvalue weighted by atomic mass is 35.5. The number of anilines is 1. The van der Waals surface area contributed by atoms with Gasteiger partial charge in [0.1, 0.15) is 18.1 Å². The van der Waals surface area contributed by atoms with E-state index in [0.717, 1.165) is 18.2 Å². The van der Waals surface area contributed by atoms with E-state index in [1.807, 2.05) is 0 Å². The maximum atomic E-state index is 13.4. The molecule has 1 aromatic carbocycles. The Hall–Kier alpha value is -3.39. The Kier molecular flexibility index (Phi) is 6.84. The smallest absolute Gasteiger partial charge is 0.334 e. The average molecular weight is 533 g/mol. The van der Waals surface area contributed by atoms with Crippen LogP contribution in [0.2, 0.25) is 5.02 Å². The molecule has 0 aliphatic carbocycles. The van der Waals surface area contributed by atoms with Crippen LogP contribution in [0.3, 0.4) is 0 Å². The van der Waals surface area contributed by atoms with Crippen molar-refractivity contribution in [3.63, 3.8) is 0 Å². The summed E-state index contributed by atoms with van der Waals surface area (Å²) in [5, 5.41) is 7.62. The van der Waals surface area contributed by atoms with Gasteiger partial charge in [0.2, 0.25) is 0 Å². The number of hydrogen-bond donors (Lipinski definition) is 1. The van der Waals surface area contributed by atoms with E-state index in [9.17, 15) is 31.9 Å². The summed E-state index contributed by atoms with van der Waals surface area (Å²) in [6.07, 6.45) is -5.73. The van der Waals surface area contributed by atoms with Gasteiger partial charge in [0, 0.05) is 38.3 Å². The maximum absolute atomic E-state index is 13.4. The number of fused-ring (bicyclic) bond motifs is 3. The van der Waals surface area contributed by atoms with Crippen LogP contribution in [0.1, 0.15) is 21.7 Å². The molecule has 10 nitrogen and oxygen atoms in total. The Morgan fingerprint density at radius 3 is 2.72 bits per heavy atom. The Bertz CT molecular complexity index is 1220. The summed E-state index contributed by atoms with van der Waals surface area (Å²) in [7, 11) is 2.23. The summed E-state index contributed by atoms with van der Waals surface area (Å²) in [5.74, 6) is -2.26. The van der Waals surface area contributed by atoms with Gasteiger partial charge in [-0.15, -0.1) is 0 Å². The molecule has 1 atom stereocenters. The van der Waals surface area contributed by atoms with Gasteiger partial charge in [-0.1, -0.05) is 11.6 Å². The van der Waals surface area contributed by atoms with Crippen molar-refractivity contribution in [2.24, 2.45) is 0 Å². The SMILES string of the molecule is CN(CC(F)(F)F)C(=O)C1Cn2nc3c(c2C(=O)N(C)O1)CN(C(=O)Nc1ccc(F)c(Cl)c1)CC3. The van der Waals surface area contributed by atoms with Crippen molar-refractivity contribution in [2.75, 3.05) is 32.5 Å². The third-order valence-corrected chi connectivity index (χ3v) is 6.03. The van der Waals surface area contributed by atoms with Crippen LogP contribution in [-0.2, 0) is 29.1 Å². The zero-order chi connectivity index (χ0) is 26.4. The maximum Gasteiger partial charge on any atom is 0.406 e. The highest BCUT2D eigenvalue weighted by Gasteiger charge is 2.40. The largest absolute Gasteiger partial charge is 0.406 e. The number of carbonyl (C=O) groups is 3. The van der Waals surface area contributed by atoms with E-state index >= 15 is 0 Å². The quantitative estimate of drug-likeness (QED) is 0.613. The van der Waals surface area contributed by atoms with Gasteiger partial charge in [-0.3, -0.25) is 19.1 Å². The molecule has 0 spiro atoms. The normalized spacial score (nSPS) is 17.9. The second-order valence-corrected chi connectivity index (χ2v) is 8.80. The first kappa shape index (κ1) is 25.7. The van der Waals surface area contributed by atoms with Gasteiger partial charge in [0.05, 0.1) is 23.8 Å². The zero-order valence-corrected chi connectivity index (χ0v) is 19.9. The molecule has 4 rings (SSSR count). The third kappa shape index (κ3) is 5.23. The number of nitrogens with one attached hydrogen (secondary N) is 1. The number of aromatic nitrogens is 2. The first-order chi connectivity index (χ1) is 16.8. The molecule has 2 aromatic rings. The van der Waals surface area contributed by atoms with Crippen LogP contribution in [0.15, 0.2) is 18.2 Å². The molecule has 36 heavy (non-hydrogen) atoms. The van der Waals surface area contributed by atoms with E-state index in [0.29, 0.717) is 16.2 Å². The van der Waals surface area contributed by atoms with E-state index in [1.165, 1.54) is 28.8 Å². The van der Waals surface area contributed by atoms with Gasteiger partial charge in [0.25, 0.3) is 11.8 Å². The molecule has 194 valence electrons. The molecule has 15 heteroatoms. The second-order valence-electron chi connectivity index (χ2n) is 8.39. The molecule has 0 fully saturated rings. The monoisotopic (exact) mass is 532 g/mol. The van der Waals surface area contributed by atoms with E-state index in [-0.39, 0.29) is 42.5 Å². The fourth-order valence-corrected chi connectivity index (χ4v) is 4.22. The molecule has 0 saturated heterocycles. The van der Waals surface area contributed by atoms with Gasteiger partial charge in [-0.2, -0.15) is 18.3 Å². The minimum Gasteiger partial charge on any atom is -0.334 e. The predicted molar refractivity (Wildman–Crippen MR) is 117 cm³/mol. The molecule has 1 N–H and O–H groups in total. The van der Waals surface area contributed by atoms with Gasteiger partial charge < -0.3 is 15.1 Å². The number of alkyl halides is 3. The summed E-state index contributed by atoms with van der Waals surface area (Å²) < 4.78 is 52.9. The molecule has 2 aliphatic heterocycles. The molecular weight excluding hydrogens is 512 g/mol. The minimum atomic E-state index is -4.60. The molecular formula is C21H21ClF4N6O4. The number of benzene rings is 1. The third-order valence-electron chi connectivity index (χ3n) is 5.74. The lowest BCUT2D eigenvalue weighted by Crippen LogP contribution is -2.45. The van der Waals surface area contributed by atoms with Gasteiger partial charge >= 0.3 is 12.2 Å². The van der Waals surface area contributed by atoms with E-state index in [4.69, 9.17) is 16.4 Å². The molecule has 2 aliphatic rings. The number of carbonyl (C=O) groups excluding carboxylic acids is 3. The fraction of sp³-hybridized carbons (Fsp3) is 0.429. The van der Waals surface area contributed by atoms with Crippen molar-refractivity contribution in [1.82, 2.24) is 24.6 Å². The lowest BCUT2D eigenvalue weighted by Gasteiger charge is -2.27. The summed E-state index contributed by atoms with van der Waals surface area (Å²) in [6.45, 7) is -1.52. The summed E-state index contributed by atoms with van der Waals surface area (Å²) in [6, 6.07) is 3.21. The van der Waals surface area contributed by atoms with Gasteiger partial charge in [-0.05, 0) is 18.2 Å². The lowest BCUT2D eigenvalue weighted by atomic mass is 10.1. The molecule has 3 heterocycles. The summed E-state index contributed by atoms with van der Waals surface area (Å²) in [5.41, 5.74) is 1.31. The molecule has 1 unspecified atom stereocenters. The van der Waals surface area contributed by atoms with Crippen molar-refractivity contribution < 1.29 is 36.8 Å². The molecule has 1 aromatic heterocycles. The molecule has 0 radical (unpaired) electrons. The number of urea groups is 1. The number of hydroxylamine groups is 2. The van der Waals surface area contributed by atoms with Crippen LogP contribution < -0.4 is 5.32 Å². The topological polar surface area (TPSA) is 100 Å². The van der Waals surface area contributed by atoms with Crippen molar-refractivity contribution in [3.05, 3.63) is 46.0 Å². The van der Waals surface area contributed by atoms with Crippen LogP contribution in [0.5, 0.6) is 0 Å². The van der Waals surface area contributed by atoms with Crippen LogP contribution in [0, 0.1) is 5.82 Å². The fourth-order valence-electron chi connectivity index (χ4n) is 4.04. The van der Waals surface area contributed by atoms with Crippen LogP contribution in [0.25, 0.3) is 0 Å². The van der Waals surface area contributed by atoms with Crippen molar-refractivity contribution >= 4 is 35.1 Å². The summed E-state index contributed by atoms with van der Waals surface area (Å²) in [4.78, 5) is 45.7. The van der Waals surface area contributed by atoms with Crippen molar-refractivity contribution in [2.45, 2.75) is 31.8 Å². The van der Waals surface area contributed by atoms with Crippen LogP contribution in [0.4, 0.5) is 28.0 Å². The second kappa shape index (κ2) is 9.58. The minimum absolute atomic E-state index is 0.00238. The highest BCUT2D eigenvalue weighted by molar-refractivity contribution is 6.31. The summed E-state index contributed by atoms with van der Waals surface area (Å²) >= 11 is 5.76. The molecule has 0 bridgehead atoms. The highest BCUT2D eigenvalue weighted by Crippen LogP contribution is 2.28. The van der Waals surface area contributed by atoms with Crippen molar-refractivity contribution in [1.29, 1.82) is 0 Å².